The lowest BCUT2D eigenvalue weighted by molar-refractivity contribution is 0.0695. The third-order valence-electron chi connectivity index (χ3n) is 3.10. The molecule has 0 bridgehead atoms. The fraction of sp³-hybridized carbons (Fsp3) is 0.462. The van der Waals surface area contributed by atoms with E-state index >= 15 is 0 Å². The number of nitrogens with zero attached hydrogens (tertiary/aromatic N) is 1. The molecular formula is C13H18N2O3. The molecule has 2 N–H and O–H groups in total. The molecule has 1 aromatic heterocycles. The van der Waals surface area contributed by atoms with Gasteiger partial charge in [0, 0.05) is 12.2 Å². The summed E-state index contributed by atoms with van der Waals surface area (Å²) in [7, 11) is 0. The minimum absolute atomic E-state index is 0.0588. The van der Waals surface area contributed by atoms with Gasteiger partial charge in [0.15, 0.2) is 0 Å². The number of aromatic nitrogens is 1. The molecule has 0 saturated carbocycles. The van der Waals surface area contributed by atoms with Crippen molar-refractivity contribution < 1.29 is 14.7 Å². The van der Waals surface area contributed by atoms with Crippen LogP contribution < -0.4 is 5.32 Å². The lowest BCUT2D eigenvalue weighted by Gasteiger charge is -2.19. The van der Waals surface area contributed by atoms with Gasteiger partial charge < -0.3 is 10.4 Å². The summed E-state index contributed by atoms with van der Waals surface area (Å²) in [6, 6.07) is 2.85. The molecule has 0 aromatic carbocycles. The highest BCUT2D eigenvalue weighted by molar-refractivity contribution is 5.93. The molecule has 2 atom stereocenters. The molecule has 0 aliphatic rings. The predicted octanol–water partition coefficient (Wildman–Crippen LogP) is 1.94. The minimum atomic E-state index is -1.05. The first-order chi connectivity index (χ1) is 8.45. The Labute approximate surface area is 106 Å². The Hall–Kier alpha value is -1.91. The Bertz CT molecular complexity index is 428. The summed E-state index contributed by atoms with van der Waals surface area (Å²) in [5, 5.41) is 11.6. The summed E-state index contributed by atoms with van der Waals surface area (Å²) < 4.78 is 0. The molecule has 1 amide bonds. The zero-order valence-electron chi connectivity index (χ0n) is 10.8. The molecule has 2 unspecified atom stereocenters. The van der Waals surface area contributed by atoms with Gasteiger partial charge in [0.1, 0.15) is 5.69 Å². The highest BCUT2D eigenvalue weighted by atomic mass is 16.4. The zero-order valence-corrected chi connectivity index (χ0v) is 10.8. The van der Waals surface area contributed by atoms with Crippen molar-refractivity contribution in [1.29, 1.82) is 0 Å². The molecule has 0 aliphatic carbocycles. The lowest BCUT2D eigenvalue weighted by Crippen LogP contribution is -2.37. The number of amides is 1. The fourth-order valence-electron chi connectivity index (χ4n) is 1.43. The molecule has 5 nitrogen and oxygen atoms in total. The summed E-state index contributed by atoms with van der Waals surface area (Å²) in [5.41, 5.74) is 0.302. The predicted molar refractivity (Wildman–Crippen MR) is 67.6 cm³/mol. The number of carbonyl (C=O) groups is 2. The summed E-state index contributed by atoms with van der Waals surface area (Å²) >= 11 is 0. The monoisotopic (exact) mass is 250 g/mol. The van der Waals surface area contributed by atoms with E-state index in [0.29, 0.717) is 5.92 Å². The van der Waals surface area contributed by atoms with E-state index in [-0.39, 0.29) is 23.2 Å². The van der Waals surface area contributed by atoms with Gasteiger partial charge in [-0.25, -0.2) is 4.79 Å². The second-order valence-electron chi connectivity index (χ2n) is 4.38. The van der Waals surface area contributed by atoms with Crippen LogP contribution in [0.5, 0.6) is 0 Å². The Morgan fingerprint density at radius 1 is 1.39 bits per heavy atom. The van der Waals surface area contributed by atoms with Crippen molar-refractivity contribution in [2.75, 3.05) is 0 Å². The van der Waals surface area contributed by atoms with Crippen molar-refractivity contribution in [1.82, 2.24) is 10.3 Å². The molecule has 1 rings (SSSR count). The summed E-state index contributed by atoms with van der Waals surface area (Å²) in [4.78, 5) is 26.3. The van der Waals surface area contributed by atoms with Crippen LogP contribution in [0.1, 0.15) is 48.0 Å². The van der Waals surface area contributed by atoms with Gasteiger partial charge in [-0.15, -0.1) is 0 Å². The van der Waals surface area contributed by atoms with Gasteiger partial charge in [-0.05, 0) is 25.0 Å². The summed E-state index contributed by atoms with van der Waals surface area (Å²) in [5.74, 6) is -0.950. The van der Waals surface area contributed by atoms with E-state index in [1.165, 1.54) is 18.3 Å². The number of pyridine rings is 1. The molecule has 0 spiro atoms. The average Bonchev–Trinajstić information content (AvgIpc) is 2.37. The summed E-state index contributed by atoms with van der Waals surface area (Å²) in [6.07, 6.45) is 2.16. The van der Waals surface area contributed by atoms with Crippen LogP contribution in [0, 0.1) is 5.92 Å². The summed E-state index contributed by atoms with van der Waals surface area (Å²) in [6.45, 7) is 6.07. The number of carbonyl (C=O) groups excluding carboxylic acids is 1. The normalized spacial score (nSPS) is 13.7. The van der Waals surface area contributed by atoms with Crippen LogP contribution in [0.4, 0.5) is 0 Å². The van der Waals surface area contributed by atoms with Gasteiger partial charge in [0.2, 0.25) is 0 Å². The standard InChI is InChI=1S/C13H18N2O3/c1-4-8(2)9(3)15-12(16)11-6-5-10(7-14-11)13(17)18/h5-9H,4H2,1-3H3,(H,15,16)(H,17,18). The third-order valence-corrected chi connectivity index (χ3v) is 3.10. The molecule has 18 heavy (non-hydrogen) atoms. The van der Waals surface area contributed by atoms with Crippen molar-refractivity contribution in [2.45, 2.75) is 33.2 Å². The lowest BCUT2D eigenvalue weighted by atomic mass is 10.0. The van der Waals surface area contributed by atoms with Crippen molar-refractivity contribution >= 4 is 11.9 Å². The molecular weight excluding hydrogens is 232 g/mol. The number of hydrogen-bond donors (Lipinski definition) is 2. The van der Waals surface area contributed by atoms with Crippen LogP contribution in [0.15, 0.2) is 18.3 Å². The number of rotatable bonds is 5. The van der Waals surface area contributed by atoms with E-state index in [0.717, 1.165) is 6.42 Å². The maximum absolute atomic E-state index is 11.8. The van der Waals surface area contributed by atoms with Gasteiger partial charge in [0.05, 0.1) is 5.56 Å². The number of carboxylic acids is 1. The molecule has 0 fully saturated rings. The highest BCUT2D eigenvalue weighted by Crippen LogP contribution is 2.08. The van der Waals surface area contributed by atoms with E-state index < -0.39 is 5.97 Å². The first kappa shape index (κ1) is 14.2. The molecule has 5 heteroatoms. The molecule has 0 radical (unpaired) electrons. The van der Waals surface area contributed by atoms with E-state index in [9.17, 15) is 9.59 Å². The first-order valence-electron chi connectivity index (χ1n) is 5.96. The number of carboxylic acid groups (broad SMARTS) is 1. The smallest absolute Gasteiger partial charge is 0.337 e. The second-order valence-corrected chi connectivity index (χ2v) is 4.38. The molecule has 0 saturated heterocycles. The molecule has 1 heterocycles. The fourth-order valence-corrected chi connectivity index (χ4v) is 1.43. The Kier molecular flexibility index (Phi) is 4.83. The minimum Gasteiger partial charge on any atom is -0.478 e. The van der Waals surface area contributed by atoms with Crippen molar-refractivity contribution in [3.05, 3.63) is 29.6 Å². The quantitative estimate of drug-likeness (QED) is 0.837. The van der Waals surface area contributed by atoms with Crippen LogP contribution in [-0.4, -0.2) is 28.0 Å². The van der Waals surface area contributed by atoms with E-state index in [2.05, 4.69) is 24.1 Å². The first-order valence-corrected chi connectivity index (χ1v) is 5.96. The van der Waals surface area contributed by atoms with Gasteiger partial charge in [-0.3, -0.25) is 9.78 Å². The third kappa shape index (κ3) is 3.55. The van der Waals surface area contributed by atoms with E-state index in [4.69, 9.17) is 5.11 Å². The highest BCUT2D eigenvalue weighted by Gasteiger charge is 2.15. The number of hydrogen-bond acceptors (Lipinski definition) is 3. The van der Waals surface area contributed by atoms with Crippen LogP contribution in [0.2, 0.25) is 0 Å². The number of nitrogens with one attached hydrogen (secondary N) is 1. The van der Waals surface area contributed by atoms with Crippen LogP contribution in [-0.2, 0) is 0 Å². The maximum atomic E-state index is 11.8. The average molecular weight is 250 g/mol. The molecule has 0 aliphatic heterocycles. The van der Waals surface area contributed by atoms with Crippen LogP contribution >= 0.6 is 0 Å². The topological polar surface area (TPSA) is 79.3 Å². The van der Waals surface area contributed by atoms with Gasteiger partial charge in [0.25, 0.3) is 5.91 Å². The van der Waals surface area contributed by atoms with Crippen molar-refractivity contribution in [3.63, 3.8) is 0 Å². The number of aromatic carboxylic acids is 1. The zero-order chi connectivity index (χ0) is 13.7. The second kappa shape index (κ2) is 6.14. The van der Waals surface area contributed by atoms with E-state index in [1.807, 2.05) is 6.92 Å². The Morgan fingerprint density at radius 3 is 2.50 bits per heavy atom. The largest absolute Gasteiger partial charge is 0.478 e. The van der Waals surface area contributed by atoms with Gasteiger partial charge >= 0.3 is 5.97 Å². The van der Waals surface area contributed by atoms with Crippen molar-refractivity contribution in [2.24, 2.45) is 5.92 Å². The van der Waals surface area contributed by atoms with Crippen molar-refractivity contribution in [3.8, 4) is 0 Å². The SMILES string of the molecule is CCC(C)C(C)NC(=O)c1ccc(C(=O)O)cn1. The Morgan fingerprint density at radius 2 is 2.06 bits per heavy atom. The van der Waals surface area contributed by atoms with Crippen LogP contribution in [0.25, 0.3) is 0 Å². The molecule has 98 valence electrons. The Balaban J connectivity index is 2.70. The van der Waals surface area contributed by atoms with Gasteiger partial charge in [-0.1, -0.05) is 20.3 Å². The molecule has 1 aromatic rings. The maximum Gasteiger partial charge on any atom is 0.337 e. The van der Waals surface area contributed by atoms with Crippen LogP contribution in [0.3, 0.4) is 0 Å². The van der Waals surface area contributed by atoms with E-state index in [1.54, 1.807) is 0 Å². The van der Waals surface area contributed by atoms with Gasteiger partial charge in [-0.2, -0.15) is 0 Å².